The number of benzene rings is 2. The summed E-state index contributed by atoms with van der Waals surface area (Å²) in [4.78, 5) is 41.5. The Bertz CT molecular complexity index is 1180. The fraction of sp³-hybridized carbons (Fsp3) is 0.321. The van der Waals surface area contributed by atoms with E-state index in [1.54, 1.807) is 6.07 Å². The Labute approximate surface area is 205 Å². The molecule has 1 heterocycles. The van der Waals surface area contributed by atoms with Crippen molar-refractivity contribution >= 4 is 23.4 Å². The lowest BCUT2D eigenvalue weighted by Crippen LogP contribution is -2.49. The van der Waals surface area contributed by atoms with E-state index in [1.165, 1.54) is 17.2 Å². The Kier molecular flexibility index (Phi) is 7.65. The third kappa shape index (κ3) is 5.62. The fourth-order valence-corrected chi connectivity index (χ4v) is 4.63. The Morgan fingerprint density at radius 2 is 1.63 bits per heavy atom. The fourth-order valence-electron chi connectivity index (χ4n) is 4.63. The van der Waals surface area contributed by atoms with E-state index in [0.29, 0.717) is 5.69 Å². The van der Waals surface area contributed by atoms with Crippen molar-refractivity contribution in [1.29, 1.82) is 0 Å². The molecular formula is C28H31N3O4. The first kappa shape index (κ1) is 24.3. The number of nitrogens with zero attached hydrogens (tertiary/aromatic N) is 1. The Morgan fingerprint density at radius 1 is 0.943 bits per heavy atom. The van der Waals surface area contributed by atoms with Gasteiger partial charge in [0.25, 0.3) is 5.91 Å². The maximum absolute atomic E-state index is 13.8. The van der Waals surface area contributed by atoms with Crippen LogP contribution >= 0.6 is 0 Å². The van der Waals surface area contributed by atoms with Crippen molar-refractivity contribution in [2.75, 3.05) is 11.4 Å². The highest BCUT2D eigenvalue weighted by atomic mass is 16.3. The average Bonchev–Trinajstić information content (AvgIpc) is 3.57. The summed E-state index contributed by atoms with van der Waals surface area (Å²) in [5, 5.41) is 5.81. The predicted molar refractivity (Wildman–Crippen MR) is 134 cm³/mol. The molecule has 182 valence electrons. The molecule has 0 bridgehead atoms. The molecule has 2 N–H and O–H groups in total. The van der Waals surface area contributed by atoms with Gasteiger partial charge in [0, 0.05) is 11.7 Å². The van der Waals surface area contributed by atoms with Gasteiger partial charge in [-0.05, 0) is 61.6 Å². The zero-order valence-corrected chi connectivity index (χ0v) is 20.1. The number of rotatable bonds is 8. The molecule has 1 fully saturated rings. The Balaban J connectivity index is 1.71. The summed E-state index contributed by atoms with van der Waals surface area (Å²) < 4.78 is 5.14. The molecule has 0 radical (unpaired) electrons. The molecule has 7 nitrogen and oxygen atoms in total. The van der Waals surface area contributed by atoms with Crippen LogP contribution in [-0.4, -0.2) is 30.3 Å². The number of anilines is 1. The number of carbonyl (C=O) groups is 3. The maximum atomic E-state index is 13.8. The van der Waals surface area contributed by atoms with Gasteiger partial charge in [-0.1, -0.05) is 55.3 Å². The summed E-state index contributed by atoms with van der Waals surface area (Å²) in [6.07, 6.45) is 5.43. The van der Waals surface area contributed by atoms with Gasteiger partial charge in [0.2, 0.25) is 11.8 Å². The maximum Gasteiger partial charge on any atom is 0.287 e. The lowest BCUT2D eigenvalue weighted by Gasteiger charge is -2.34. The van der Waals surface area contributed by atoms with Gasteiger partial charge >= 0.3 is 0 Å². The normalized spacial score (nSPS) is 14.3. The van der Waals surface area contributed by atoms with Crippen molar-refractivity contribution in [1.82, 2.24) is 10.6 Å². The smallest absolute Gasteiger partial charge is 0.287 e. The number of furan rings is 1. The second kappa shape index (κ2) is 11.0. The van der Waals surface area contributed by atoms with E-state index in [-0.39, 0.29) is 24.3 Å². The Hall–Kier alpha value is -3.87. The van der Waals surface area contributed by atoms with Crippen LogP contribution in [-0.2, 0) is 9.59 Å². The van der Waals surface area contributed by atoms with Crippen molar-refractivity contribution < 1.29 is 18.8 Å². The van der Waals surface area contributed by atoms with Crippen LogP contribution in [0.3, 0.4) is 0 Å². The first-order valence-corrected chi connectivity index (χ1v) is 12.0. The van der Waals surface area contributed by atoms with Crippen LogP contribution in [0.15, 0.2) is 71.3 Å². The summed E-state index contributed by atoms with van der Waals surface area (Å²) in [6, 6.07) is 17.4. The van der Waals surface area contributed by atoms with Gasteiger partial charge in [-0.25, -0.2) is 0 Å². The lowest BCUT2D eigenvalue weighted by molar-refractivity contribution is -0.126. The summed E-state index contributed by atoms with van der Waals surface area (Å²) in [5.41, 5.74) is 3.13. The second-order valence-electron chi connectivity index (χ2n) is 8.96. The minimum Gasteiger partial charge on any atom is -0.459 e. The molecule has 1 aliphatic carbocycles. The molecule has 4 rings (SSSR count). The third-order valence-corrected chi connectivity index (χ3v) is 6.48. The number of nitrogens with one attached hydrogen (secondary N) is 2. The summed E-state index contributed by atoms with van der Waals surface area (Å²) in [5.74, 6) is -0.986. The average molecular weight is 474 g/mol. The Morgan fingerprint density at radius 3 is 2.29 bits per heavy atom. The molecular weight excluding hydrogens is 442 g/mol. The van der Waals surface area contributed by atoms with Gasteiger partial charge < -0.3 is 15.1 Å². The van der Waals surface area contributed by atoms with Crippen LogP contribution in [0.25, 0.3) is 0 Å². The number of aryl methyl sites for hydroxylation is 2. The molecule has 2 aromatic carbocycles. The molecule has 1 atom stereocenters. The first-order valence-electron chi connectivity index (χ1n) is 12.0. The van der Waals surface area contributed by atoms with Crippen molar-refractivity contribution in [2.45, 2.75) is 51.6 Å². The largest absolute Gasteiger partial charge is 0.459 e. The minimum atomic E-state index is -0.883. The van der Waals surface area contributed by atoms with Gasteiger partial charge in [-0.2, -0.15) is 0 Å². The number of carbonyl (C=O) groups excluding carboxylic acids is 3. The molecule has 7 heteroatoms. The van der Waals surface area contributed by atoms with E-state index in [9.17, 15) is 14.4 Å². The minimum absolute atomic E-state index is 0.0986. The lowest BCUT2D eigenvalue weighted by atomic mass is 9.97. The van der Waals surface area contributed by atoms with Crippen LogP contribution < -0.4 is 15.5 Å². The molecule has 3 amide bonds. The summed E-state index contributed by atoms with van der Waals surface area (Å²) in [7, 11) is 0. The van der Waals surface area contributed by atoms with Crippen LogP contribution in [0.2, 0.25) is 0 Å². The van der Waals surface area contributed by atoms with Crippen molar-refractivity contribution in [3.05, 3.63) is 89.4 Å². The molecule has 0 aliphatic heterocycles. The SMILES string of the molecule is Cc1ccccc1[C@H](C(=O)NC1CCCC1)N(C(=O)CNC(=O)c1ccco1)c1ccccc1C. The molecule has 0 saturated heterocycles. The molecule has 1 aliphatic rings. The zero-order chi connectivity index (χ0) is 24.8. The topological polar surface area (TPSA) is 91.7 Å². The van der Waals surface area contributed by atoms with Crippen molar-refractivity contribution in [2.24, 2.45) is 0 Å². The number of amides is 3. The highest BCUT2D eigenvalue weighted by Crippen LogP contribution is 2.32. The van der Waals surface area contributed by atoms with Crippen molar-refractivity contribution in [3.63, 3.8) is 0 Å². The standard InChI is InChI=1S/C28H31N3O4/c1-19-10-3-7-14-22(19)26(28(34)30-21-12-5-6-13-21)31(23-15-8-4-11-20(23)2)25(32)18-29-27(33)24-16-9-17-35-24/h3-4,7-11,14-17,21,26H,5-6,12-13,18H2,1-2H3,(H,29,33)(H,30,34)/t26-/m1/s1. The summed E-state index contributed by atoms with van der Waals surface area (Å²) >= 11 is 0. The second-order valence-corrected chi connectivity index (χ2v) is 8.96. The molecule has 3 aromatic rings. The number of para-hydroxylation sites is 1. The summed E-state index contributed by atoms with van der Waals surface area (Å²) in [6.45, 7) is 3.55. The van der Waals surface area contributed by atoms with Crippen LogP contribution in [0.4, 0.5) is 5.69 Å². The highest BCUT2D eigenvalue weighted by Gasteiger charge is 2.35. The zero-order valence-electron chi connectivity index (χ0n) is 20.1. The van der Waals surface area contributed by atoms with Gasteiger partial charge in [-0.15, -0.1) is 0 Å². The number of hydrogen-bond donors (Lipinski definition) is 2. The van der Waals surface area contributed by atoms with E-state index in [0.717, 1.165) is 42.4 Å². The first-order chi connectivity index (χ1) is 17.0. The number of hydrogen-bond acceptors (Lipinski definition) is 4. The van der Waals surface area contributed by atoms with E-state index in [1.807, 2.05) is 62.4 Å². The highest BCUT2D eigenvalue weighted by molar-refractivity contribution is 6.04. The van der Waals surface area contributed by atoms with Gasteiger partial charge in [-0.3, -0.25) is 19.3 Å². The van der Waals surface area contributed by atoms with E-state index >= 15 is 0 Å². The van der Waals surface area contributed by atoms with E-state index in [2.05, 4.69) is 10.6 Å². The van der Waals surface area contributed by atoms with Gasteiger partial charge in [0.05, 0.1) is 12.8 Å². The predicted octanol–water partition coefficient (Wildman–Crippen LogP) is 4.46. The molecule has 0 unspecified atom stereocenters. The van der Waals surface area contributed by atoms with Gasteiger partial charge in [0.15, 0.2) is 5.76 Å². The van der Waals surface area contributed by atoms with Crippen LogP contribution in [0.1, 0.15) is 59.0 Å². The van der Waals surface area contributed by atoms with Crippen LogP contribution in [0.5, 0.6) is 0 Å². The van der Waals surface area contributed by atoms with E-state index < -0.39 is 17.9 Å². The molecule has 35 heavy (non-hydrogen) atoms. The molecule has 1 saturated carbocycles. The van der Waals surface area contributed by atoms with Gasteiger partial charge in [0.1, 0.15) is 6.04 Å². The van der Waals surface area contributed by atoms with E-state index in [4.69, 9.17) is 4.42 Å². The third-order valence-electron chi connectivity index (χ3n) is 6.48. The monoisotopic (exact) mass is 473 g/mol. The quantitative estimate of drug-likeness (QED) is 0.505. The molecule has 1 aromatic heterocycles. The van der Waals surface area contributed by atoms with Crippen LogP contribution in [0, 0.1) is 13.8 Å². The molecule has 0 spiro atoms. The van der Waals surface area contributed by atoms with Crippen molar-refractivity contribution in [3.8, 4) is 0 Å².